The van der Waals surface area contributed by atoms with E-state index in [1.807, 2.05) is 84.9 Å². The Morgan fingerprint density at radius 3 is 2.16 bits per heavy atom. The zero-order valence-electron chi connectivity index (χ0n) is 13.7. The van der Waals surface area contributed by atoms with E-state index < -0.39 is 0 Å². The van der Waals surface area contributed by atoms with Gasteiger partial charge in [-0.1, -0.05) is 48.5 Å². The zero-order chi connectivity index (χ0) is 17.3. The topological polar surface area (TPSA) is 38.3 Å². The van der Waals surface area contributed by atoms with E-state index in [9.17, 15) is 4.79 Å². The SMILES string of the molecule is O=C(CSc1ccccc1)Nc1ccc(OCc2ccccc2)cc1. The van der Waals surface area contributed by atoms with E-state index in [-0.39, 0.29) is 5.91 Å². The van der Waals surface area contributed by atoms with Gasteiger partial charge < -0.3 is 10.1 Å². The molecule has 0 aliphatic carbocycles. The van der Waals surface area contributed by atoms with Crippen molar-refractivity contribution in [3.8, 4) is 5.75 Å². The highest BCUT2D eigenvalue weighted by atomic mass is 32.2. The van der Waals surface area contributed by atoms with Crippen LogP contribution in [0.15, 0.2) is 89.8 Å². The molecule has 1 N–H and O–H groups in total. The van der Waals surface area contributed by atoms with Crippen LogP contribution in [-0.2, 0) is 11.4 Å². The normalized spacial score (nSPS) is 10.2. The van der Waals surface area contributed by atoms with Crippen molar-refractivity contribution in [2.24, 2.45) is 0 Å². The minimum Gasteiger partial charge on any atom is -0.489 e. The van der Waals surface area contributed by atoms with Gasteiger partial charge >= 0.3 is 0 Å². The van der Waals surface area contributed by atoms with E-state index in [2.05, 4.69) is 5.32 Å². The third-order valence-corrected chi connectivity index (χ3v) is 4.51. The van der Waals surface area contributed by atoms with Crippen molar-refractivity contribution in [3.05, 3.63) is 90.5 Å². The monoisotopic (exact) mass is 349 g/mol. The Morgan fingerprint density at radius 2 is 1.48 bits per heavy atom. The number of rotatable bonds is 7. The Balaban J connectivity index is 1.46. The third-order valence-electron chi connectivity index (χ3n) is 3.50. The number of hydrogen-bond acceptors (Lipinski definition) is 3. The van der Waals surface area contributed by atoms with Crippen molar-refractivity contribution in [2.45, 2.75) is 11.5 Å². The Hall–Kier alpha value is -2.72. The summed E-state index contributed by atoms with van der Waals surface area (Å²) >= 11 is 1.52. The highest BCUT2D eigenvalue weighted by molar-refractivity contribution is 8.00. The zero-order valence-corrected chi connectivity index (χ0v) is 14.5. The summed E-state index contributed by atoms with van der Waals surface area (Å²) in [4.78, 5) is 13.1. The first-order valence-electron chi connectivity index (χ1n) is 8.04. The van der Waals surface area contributed by atoms with Crippen molar-refractivity contribution in [1.82, 2.24) is 0 Å². The van der Waals surface area contributed by atoms with E-state index in [4.69, 9.17) is 4.74 Å². The summed E-state index contributed by atoms with van der Waals surface area (Å²) in [7, 11) is 0. The van der Waals surface area contributed by atoms with Gasteiger partial charge in [0.15, 0.2) is 0 Å². The van der Waals surface area contributed by atoms with Crippen molar-refractivity contribution in [1.29, 1.82) is 0 Å². The largest absolute Gasteiger partial charge is 0.489 e. The summed E-state index contributed by atoms with van der Waals surface area (Å²) in [6.07, 6.45) is 0. The molecule has 0 saturated carbocycles. The fourth-order valence-corrected chi connectivity index (χ4v) is 2.96. The molecular formula is C21H19NO2S. The van der Waals surface area contributed by atoms with E-state index in [0.29, 0.717) is 12.4 Å². The van der Waals surface area contributed by atoms with Gasteiger partial charge in [0.2, 0.25) is 5.91 Å². The lowest BCUT2D eigenvalue weighted by atomic mass is 10.2. The summed E-state index contributed by atoms with van der Waals surface area (Å²) in [5, 5.41) is 2.90. The van der Waals surface area contributed by atoms with Crippen LogP contribution in [0.1, 0.15) is 5.56 Å². The number of ether oxygens (including phenoxy) is 1. The molecule has 0 atom stereocenters. The number of hydrogen-bond donors (Lipinski definition) is 1. The fourth-order valence-electron chi connectivity index (χ4n) is 2.24. The van der Waals surface area contributed by atoms with Crippen LogP contribution >= 0.6 is 11.8 Å². The maximum Gasteiger partial charge on any atom is 0.234 e. The standard InChI is InChI=1S/C21H19NO2S/c23-21(16-25-20-9-5-2-6-10-20)22-18-11-13-19(14-12-18)24-15-17-7-3-1-4-8-17/h1-14H,15-16H2,(H,22,23). The summed E-state index contributed by atoms with van der Waals surface area (Å²) in [5.74, 6) is 1.14. The molecule has 4 heteroatoms. The van der Waals surface area contributed by atoms with Gasteiger partial charge in [-0.15, -0.1) is 11.8 Å². The molecule has 0 aromatic heterocycles. The van der Waals surface area contributed by atoms with Crippen molar-refractivity contribution in [3.63, 3.8) is 0 Å². The van der Waals surface area contributed by atoms with E-state index >= 15 is 0 Å². The Labute approximate surface area is 152 Å². The Bertz CT molecular complexity index is 789. The second-order valence-corrected chi connectivity index (χ2v) is 6.50. The van der Waals surface area contributed by atoms with Crippen LogP contribution in [0.3, 0.4) is 0 Å². The predicted octanol–water partition coefficient (Wildman–Crippen LogP) is 5.00. The molecule has 0 unspecified atom stereocenters. The van der Waals surface area contributed by atoms with Gasteiger partial charge in [0.1, 0.15) is 12.4 Å². The number of amides is 1. The maximum atomic E-state index is 12.0. The van der Waals surface area contributed by atoms with Crippen LogP contribution in [0, 0.1) is 0 Å². The van der Waals surface area contributed by atoms with E-state index in [1.54, 1.807) is 0 Å². The first kappa shape index (κ1) is 17.1. The van der Waals surface area contributed by atoms with Crippen LogP contribution in [0.4, 0.5) is 5.69 Å². The van der Waals surface area contributed by atoms with Gasteiger partial charge in [-0.2, -0.15) is 0 Å². The second-order valence-electron chi connectivity index (χ2n) is 5.45. The number of thioether (sulfide) groups is 1. The number of nitrogens with one attached hydrogen (secondary N) is 1. The summed E-state index contributed by atoms with van der Waals surface area (Å²) < 4.78 is 5.74. The summed E-state index contributed by atoms with van der Waals surface area (Å²) in [5.41, 5.74) is 1.89. The summed E-state index contributed by atoms with van der Waals surface area (Å²) in [6, 6.07) is 27.3. The molecule has 0 bridgehead atoms. The molecule has 0 aliphatic rings. The maximum absolute atomic E-state index is 12.0. The first-order valence-corrected chi connectivity index (χ1v) is 9.03. The van der Waals surface area contributed by atoms with Gasteiger partial charge in [0.05, 0.1) is 5.75 Å². The molecule has 0 fully saturated rings. The van der Waals surface area contributed by atoms with Gasteiger partial charge in [0.25, 0.3) is 0 Å². The lowest BCUT2D eigenvalue weighted by Crippen LogP contribution is -2.13. The third kappa shape index (κ3) is 5.69. The predicted molar refractivity (Wildman–Crippen MR) is 103 cm³/mol. The molecule has 1 amide bonds. The highest BCUT2D eigenvalue weighted by Gasteiger charge is 2.04. The molecule has 25 heavy (non-hydrogen) atoms. The van der Waals surface area contributed by atoms with Crippen molar-refractivity contribution < 1.29 is 9.53 Å². The molecular weight excluding hydrogens is 330 g/mol. The molecule has 3 rings (SSSR count). The number of anilines is 1. The molecule has 0 radical (unpaired) electrons. The number of benzene rings is 3. The van der Waals surface area contributed by atoms with Crippen LogP contribution in [-0.4, -0.2) is 11.7 Å². The van der Waals surface area contributed by atoms with Gasteiger partial charge in [-0.25, -0.2) is 0 Å². The average molecular weight is 349 g/mol. The van der Waals surface area contributed by atoms with Crippen molar-refractivity contribution in [2.75, 3.05) is 11.1 Å². The molecule has 3 aromatic rings. The molecule has 0 heterocycles. The Kier molecular flexibility index (Phi) is 6.12. The highest BCUT2D eigenvalue weighted by Crippen LogP contribution is 2.19. The van der Waals surface area contributed by atoms with Crippen LogP contribution in [0.25, 0.3) is 0 Å². The van der Waals surface area contributed by atoms with Gasteiger partial charge in [-0.3, -0.25) is 4.79 Å². The number of carbonyl (C=O) groups is 1. The smallest absolute Gasteiger partial charge is 0.234 e. The number of carbonyl (C=O) groups excluding carboxylic acids is 1. The van der Waals surface area contributed by atoms with Crippen molar-refractivity contribution >= 4 is 23.4 Å². The quantitative estimate of drug-likeness (QED) is 0.610. The molecule has 3 nitrogen and oxygen atoms in total. The minimum atomic E-state index is -0.0215. The van der Waals surface area contributed by atoms with E-state index in [1.165, 1.54) is 11.8 Å². The van der Waals surface area contributed by atoms with Crippen LogP contribution < -0.4 is 10.1 Å². The molecule has 0 aliphatic heterocycles. The van der Waals surface area contributed by atoms with Crippen LogP contribution in [0.2, 0.25) is 0 Å². The minimum absolute atomic E-state index is 0.0215. The molecule has 126 valence electrons. The fraction of sp³-hybridized carbons (Fsp3) is 0.0952. The molecule has 0 spiro atoms. The Morgan fingerprint density at radius 1 is 0.840 bits per heavy atom. The summed E-state index contributed by atoms with van der Waals surface area (Å²) in [6.45, 7) is 0.528. The van der Waals surface area contributed by atoms with Gasteiger partial charge in [0, 0.05) is 10.6 Å². The lowest BCUT2D eigenvalue weighted by Gasteiger charge is -2.08. The lowest BCUT2D eigenvalue weighted by molar-refractivity contribution is -0.113. The van der Waals surface area contributed by atoms with Gasteiger partial charge in [-0.05, 0) is 42.0 Å². The average Bonchev–Trinajstić information content (AvgIpc) is 2.67. The second kappa shape index (κ2) is 8.94. The molecule has 3 aromatic carbocycles. The first-order chi connectivity index (χ1) is 12.3. The van der Waals surface area contributed by atoms with E-state index in [0.717, 1.165) is 21.9 Å². The molecule has 0 saturated heterocycles. The van der Waals surface area contributed by atoms with Crippen LogP contribution in [0.5, 0.6) is 5.75 Å².